The summed E-state index contributed by atoms with van der Waals surface area (Å²) in [6, 6.07) is 23.9. The zero-order chi connectivity index (χ0) is 20.8. The lowest BCUT2D eigenvalue weighted by atomic mass is 10.1. The molecule has 2 heterocycles. The molecule has 0 aliphatic heterocycles. The third-order valence-electron chi connectivity index (χ3n) is 5.00. The molecule has 1 atom stereocenters. The minimum absolute atomic E-state index is 0.0412. The van der Waals surface area contributed by atoms with Gasteiger partial charge >= 0.3 is 0 Å². The van der Waals surface area contributed by atoms with E-state index in [1.165, 1.54) is 5.56 Å². The second-order valence-corrected chi connectivity index (χ2v) is 7.31. The first-order chi connectivity index (χ1) is 14.7. The number of benzene rings is 2. The number of rotatable bonds is 7. The molecule has 0 saturated carbocycles. The zero-order valence-corrected chi connectivity index (χ0v) is 16.9. The molecule has 0 saturated heterocycles. The molecule has 0 radical (unpaired) electrons. The second-order valence-electron chi connectivity index (χ2n) is 7.31. The molecule has 4 rings (SSSR count). The number of hydrogen-bond acceptors (Lipinski definition) is 3. The van der Waals surface area contributed by atoms with Gasteiger partial charge in [-0.15, -0.1) is 0 Å². The number of amides is 1. The van der Waals surface area contributed by atoms with Gasteiger partial charge in [0, 0.05) is 30.2 Å². The molecular weight excluding hydrogens is 372 g/mol. The number of nitrogens with zero attached hydrogens (tertiary/aromatic N) is 3. The molecule has 5 heteroatoms. The molecule has 0 bridgehead atoms. The average Bonchev–Trinajstić information content (AvgIpc) is 3.25. The Bertz CT molecular complexity index is 1090. The highest BCUT2D eigenvalue weighted by atomic mass is 16.1. The van der Waals surface area contributed by atoms with Crippen LogP contribution < -0.4 is 5.32 Å². The molecule has 2 aromatic carbocycles. The Balaban J connectivity index is 1.55. The van der Waals surface area contributed by atoms with Gasteiger partial charge in [-0.1, -0.05) is 48.5 Å². The Morgan fingerprint density at radius 1 is 1.00 bits per heavy atom. The van der Waals surface area contributed by atoms with Gasteiger partial charge in [-0.3, -0.25) is 9.78 Å². The molecule has 4 aromatic rings. The maximum absolute atomic E-state index is 13.1. The molecule has 0 spiro atoms. The lowest BCUT2D eigenvalue weighted by molar-refractivity contribution is 0.0939. The van der Waals surface area contributed by atoms with E-state index in [4.69, 9.17) is 0 Å². The summed E-state index contributed by atoms with van der Waals surface area (Å²) in [6.45, 7) is 2.03. The SMILES string of the molecule is C[C@H](CCc1ccccc1)NC(=O)c1cn(-c2ccccc2)nc1-c1cccnc1. The summed E-state index contributed by atoms with van der Waals surface area (Å²) in [7, 11) is 0. The van der Waals surface area contributed by atoms with Crippen LogP contribution in [0.15, 0.2) is 91.4 Å². The summed E-state index contributed by atoms with van der Waals surface area (Å²) >= 11 is 0. The van der Waals surface area contributed by atoms with E-state index in [1.807, 2.05) is 67.6 Å². The number of para-hydroxylation sites is 1. The summed E-state index contributed by atoms with van der Waals surface area (Å²) in [6.07, 6.45) is 7.01. The molecule has 0 unspecified atom stereocenters. The largest absolute Gasteiger partial charge is 0.349 e. The monoisotopic (exact) mass is 396 g/mol. The number of carbonyl (C=O) groups is 1. The van der Waals surface area contributed by atoms with Crippen LogP contribution in [-0.4, -0.2) is 26.7 Å². The normalized spacial score (nSPS) is 11.8. The Kier molecular flexibility index (Phi) is 5.99. The van der Waals surface area contributed by atoms with Crippen LogP contribution in [-0.2, 0) is 6.42 Å². The predicted octanol–water partition coefficient (Wildman–Crippen LogP) is 4.69. The van der Waals surface area contributed by atoms with E-state index in [-0.39, 0.29) is 11.9 Å². The Morgan fingerprint density at radius 2 is 1.73 bits per heavy atom. The van der Waals surface area contributed by atoms with Crippen LogP contribution in [0.1, 0.15) is 29.3 Å². The van der Waals surface area contributed by atoms with Crippen LogP contribution in [0.5, 0.6) is 0 Å². The van der Waals surface area contributed by atoms with Crippen LogP contribution in [0.25, 0.3) is 16.9 Å². The summed E-state index contributed by atoms with van der Waals surface area (Å²) in [5.74, 6) is -0.128. The molecule has 0 aliphatic carbocycles. The predicted molar refractivity (Wildman–Crippen MR) is 118 cm³/mol. The standard InChI is InChI=1S/C25H24N4O/c1-19(14-15-20-9-4-2-5-10-20)27-25(30)23-18-29(22-12-6-3-7-13-22)28-24(23)21-11-8-16-26-17-21/h2-13,16-19H,14-15H2,1H3,(H,27,30)/t19-/m1/s1. The maximum Gasteiger partial charge on any atom is 0.255 e. The summed E-state index contributed by atoms with van der Waals surface area (Å²) in [5.41, 5.74) is 4.15. The highest BCUT2D eigenvalue weighted by Gasteiger charge is 2.20. The fraction of sp³-hybridized carbons (Fsp3) is 0.160. The first-order valence-corrected chi connectivity index (χ1v) is 10.1. The van der Waals surface area contributed by atoms with Gasteiger partial charge in [0.1, 0.15) is 5.69 Å². The van der Waals surface area contributed by atoms with Crippen LogP contribution in [0.2, 0.25) is 0 Å². The van der Waals surface area contributed by atoms with E-state index in [1.54, 1.807) is 23.3 Å². The molecule has 0 aliphatic rings. The van der Waals surface area contributed by atoms with Crippen molar-refractivity contribution in [3.8, 4) is 16.9 Å². The van der Waals surface area contributed by atoms with Gasteiger partial charge in [-0.2, -0.15) is 5.10 Å². The second kappa shape index (κ2) is 9.18. The average molecular weight is 396 g/mol. The van der Waals surface area contributed by atoms with Crippen molar-refractivity contribution < 1.29 is 4.79 Å². The molecule has 5 nitrogen and oxygen atoms in total. The summed E-state index contributed by atoms with van der Waals surface area (Å²) in [4.78, 5) is 17.3. The van der Waals surface area contributed by atoms with Crippen molar-refractivity contribution in [2.45, 2.75) is 25.8 Å². The van der Waals surface area contributed by atoms with Gasteiger partial charge in [-0.05, 0) is 49.6 Å². The van der Waals surface area contributed by atoms with Crippen LogP contribution in [0.4, 0.5) is 0 Å². The molecule has 1 N–H and O–H groups in total. The molecule has 30 heavy (non-hydrogen) atoms. The summed E-state index contributed by atoms with van der Waals surface area (Å²) in [5, 5.41) is 7.82. The van der Waals surface area contributed by atoms with Crippen molar-refractivity contribution in [3.05, 3.63) is 103 Å². The van der Waals surface area contributed by atoms with E-state index in [9.17, 15) is 4.79 Å². The number of carbonyl (C=O) groups excluding carboxylic acids is 1. The van der Waals surface area contributed by atoms with Gasteiger partial charge in [0.05, 0.1) is 11.3 Å². The van der Waals surface area contributed by atoms with E-state index in [0.717, 1.165) is 24.1 Å². The number of aromatic nitrogens is 3. The van der Waals surface area contributed by atoms with E-state index in [2.05, 4.69) is 27.5 Å². The van der Waals surface area contributed by atoms with Gasteiger partial charge in [0.2, 0.25) is 0 Å². The van der Waals surface area contributed by atoms with Crippen molar-refractivity contribution in [2.24, 2.45) is 0 Å². The fourth-order valence-corrected chi connectivity index (χ4v) is 3.37. The van der Waals surface area contributed by atoms with E-state index >= 15 is 0 Å². The van der Waals surface area contributed by atoms with Crippen molar-refractivity contribution in [3.63, 3.8) is 0 Å². The molecule has 2 aromatic heterocycles. The fourth-order valence-electron chi connectivity index (χ4n) is 3.37. The lowest BCUT2D eigenvalue weighted by Gasteiger charge is -2.14. The minimum Gasteiger partial charge on any atom is -0.349 e. The van der Waals surface area contributed by atoms with Crippen LogP contribution in [0, 0.1) is 0 Å². The van der Waals surface area contributed by atoms with Crippen LogP contribution in [0.3, 0.4) is 0 Å². The van der Waals surface area contributed by atoms with Crippen molar-refractivity contribution >= 4 is 5.91 Å². The van der Waals surface area contributed by atoms with Gasteiger partial charge in [-0.25, -0.2) is 4.68 Å². The number of nitrogens with one attached hydrogen (secondary N) is 1. The molecule has 0 fully saturated rings. The Labute approximate surface area is 176 Å². The smallest absolute Gasteiger partial charge is 0.255 e. The highest BCUT2D eigenvalue weighted by molar-refractivity contribution is 6.00. The first kappa shape index (κ1) is 19.6. The minimum atomic E-state index is -0.128. The third-order valence-corrected chi connectivity index (χ3v) is 5.00. The lowest BCUT2D eigenvalue weighted by Crippen LogP contribution is -2.33. The topological polar surface area (TPSA) is 59.8 Å². The molecule has 150 valence electrons. The Hall–Kier alpha value is -3.73. The van der Waals surface area contributed by atoms with Gasteiger partial charge < -0.3 is 5.32 Å². The zero-order valence-electron chi connectivity index (χ0n) is 16.9. The van der Waals surface area contributed by atoms with E-state index < -0.39 is 0 Å². The molecular formula is C25H24N4O. The molecule has 1 amide bonds. The maximum atomic E-state index is 13.1. The number of aryl methyl sites for hydroxylation is 1. The van der Waals surface area contributed by atoms with Crippen molar-refractivity contribution in [1.82, 2.24) is 20.1 Å². The van der Waals surface area contributed by atoms with Crippen molar-refractivity contribution in [1.29, 1.82) is 0 Å². The van der Waals surface area contributed by atoms with Gasteiger partial charge in [0.15, 0.2) is 0 Å². The third kappa shape index (κ3) is 4.63. The van der Waals surface area contributed by atoms with Crippen LogP contribution >= 0.6 is 0 Å². The summed E-state index contributed by atoms with van der Waals surface area (Å²) < 4.78 is 1.74. The quantitative estimate of drug-likeness (QED) is 0.493. The Morgan fingerprint density at radius 3 is 2.43 bits per heavy atom. The van der Waals surface area contributed by atoms with E-state index in [0.29, 0.717) is 11.3 Å². The number of pyridine rings is 1. The number of hydrogen-bond donors (Lipinski definition) is 1. The first-order valence-electron chi connectivity index (χ1n) is 10.1. The van der Waals surface area contributed by atoms with Gasteiger partial charge in [0.25, 0.3) is 5.91 Å². The highest BCUT2D eigenvalue weighted by Crippen LogP contribution is 2.23. The van der Waals surface area contributed by atoms with Crippen molar-refractivity contribution in [2.75, 3.05) is 0 Å².